The Morgan fingerprint density at radius 2 is 2.11 bits per heavy atom. The molecule has 0 unspecified atom stereocenters. The molecule has 1 N–H and O–H groups in total. The van der Waals surface area contributed by atoms with Gasteiger partial charge in [-0.05, 0) is 59.8 Å². The van der Waals surface area contributed by atoms with E-state index in [1.807, 2.05) is 25.1 Å². The molecule has 2 aromatic rings. The Hall–Kier alpha value is -1.32. The summed E-state index contributed by atoms with van der Waals surface area (Å²) in [5.74, 6) is 0.659. The smallest absolute Gasteiger partial charge is 0.131 e. The van der Waals surface area contributed by atoms with Crippen molar-refractivity contribution in [2.45, 2.75) is 6.92 Å². The van der Waals surface area contributed by atoms with Gasteiger partial charge in [0.2, 0.25) is 0 Å². The zero-order valence-electron chi connectivity index (χ0n) is 9.54. The lowest BCUT2D eigenvalue weighted by Gasteiger charge is -2.09. The fraction of sp³-hybridized carbons (Fsp3) is 0.0769. The number of halogens is 2. The van der Waals surface area contributed by atoms with Crippen LogP contribution in [0.5, 0.6) is 0 Å². The molecule has 0 aliphatic rings. The maximum Gasteiger partial charge on any atom is 0.131 e. The first kappa shape index (κ1) is 13.1. The van der Waals surface area contributed by atoms with Gasteiger partial charge in [0.05, 0.1) is 17.3 Å². The summed E-state index contributed by atoms with van der Waals surface area (Å²) in [4.78, 5) is 4.34. The molecule has 0 amide bonds. The Kier molecular flexibility index (Phi) is 4.04. The molecule has 1 aromatic heterocycles. The highest BCUT2D eigenvalue weighted by Crippen LogP contribution is 2.25. The Morgan fingerprint density at radius 3 is 2.78 bits per heavy atom. The van der Waals surface area contributed by atoms with Crippen molar-refractivity contribution in [1.82, 2.24) is 4.98 Å². The molecular weight excluding hydrogens is 361 g/mol. The maximum atomic E-state index is 8.92. The molecule has 2 rings (SSSR count). The highest BCUT2D eigenvalue weighted by atomic mass is 127. The molecule has 0 bridgehead atoms. The number of aromatic nitrogens is 1. The van der Waals surface area contributed by atoms with Crippen LogP contribution in [0.25, 0.3) is 0 Å². The summed E-state index contributed by atoms with van der Waals surface area (Å²) in [6.07, 6.45) is 0. The molecule has 0 atom stereocenters. The number of pyridine rings is 1. The molecule has 0 fully saturated rings. The Balaban J connectivity index is 2.34. The summed E-state index contributed by atoms with van der Waals surface area (Å²) in [7, 11) is 0. The van der Waals surface area contributed by atoms with E-state index in [1.54, 1.807) is 12.1 Å². The average molecular weight is 370 g/mol. The Labute approximate surface area is 124 Å². The molecule has 0 saturated heterocycles. The van der Waals surface area contributed by atoms with Gasteiger partial charge in [0.25, 0.3) is 0 Å². The number of nitriles is 1. The zero-order valence-corrected chi connectivity index (χ0v) is 12.5. The molecule has 0 radical (unpaired) electrons. The van der Waals surface area contributed by atoms with Gasteiger partial charge < -0.3 is 5.32 Å². The minimum Gasteiger partial charge on any atom is -0.339 e. The van der Waals surface area contributed by atoms with Crippen LogP contribution in [-0.2, 0) is 0 Å². The van der Waals surface area contributed by atoms with Gasteiger partial charge in [-0.1, -0.05) is 11.6 Å². The van der Waals surface area contributed by atoms with Gasteiger partial charge in [-0.3, -0.25) is 0 Å². The lowest BCUT2D eigenvalue weighted by Crippen LogP contribution is -1.97. The lowest BCUT2D eigenvalue weighted by molar-refractivity contribution is 1.19. The second-order valence-electron chi connectivity index (χ2n) is 3.74. The second-order valence-corrected chi connectivity index (χ2v) is 5.34. The van der Waals surface area contributed by atoms with Crippen molar-refractivity contribution in [3.63, 3.8) is 0 Å². The summed E-state index contributed by atoms with van der Waals surface area (Å²) >= 11 is 8.10. The van der Waals surface area contributed by atoms with Crippen LogP contribution in [0.2, 0.25) is 5.02 Å². The fourth-order valence-corrected chi connectivity index (χ4v) is 2.53. The summed E-state index contributed by atoms with van der Waals surface area (Å²) < 4.78 is 1.00. The maximum absolute atomic E-state index is 8.92. The molecule has 3 nitrogen and oxygen atoms in total. The number of rotatable bonds is 2. The van der Waals surface area contributed by atoms with Gasteiger partial charge in [0, 0.05) is 14.3 Å². The van der Waals surface area contributed by atoms with Gasteiger partial charge in [-0.15, -0.1) is 0 Å². The number of nitrogens with zero attached hydrogens (tertiary/aromatic N) is 2. The van der Waals surface area contributed by atoms with Crippen LogP contribution >= 0.6 is 34.2 Å². The molecule has 1 aromatic carbocycles. The van der Waals surface area contributed by atoms with Crippen LogP contribution in [0.3, 0.4) is 0 Å². The van der Waals surface area contributed by atoms with Crippen molar-refractivity contribution in [3.05, 3.63) is 50.2 Å². The molecule has 0 aliphatic heterocycles. The SMILES string of the molecule is Cc1cc(C#N)cc(Nc2ccc(Cl)cc2I)n1. The third-order valence-corrected chi connectivity index (χ3v) is 3.40. The van der Waals surface area contributed by atoms with E-state index in [2.05, 4.69) is 39.0 Å². The van der Waals surface area contributed by atoms with Crippen LogP contribution in [0, 0.1) is 21.8 Å². The molecular formula is C13H9ClIN3. The molecule has 5 heteroatoms. The van der Waals surface area contributed by atoms with Crippen LogP contribution in [0.4, 0.5) is 11.5 Å². The fourth-order valence-electron chi connectivity index (χ4n) is 1.53. The minimum absolute atomic E-state index is 0.592. The predicted octanol–water partition coefficient (Wildman–Crippen LogP) is 4.26. The van der Waals surface area contributed by atoms with Crippen LogP contribution in [0.1, 0.15) is 11.3 Å². The van der Waals surface area contributed by atoms with Crippen molar-refractivity contribution in [2.24, 2.45) is 0 Å². The number of benzene rings is 1. The van der Waals surface area contributed by atoms with E-state index >= 15 is 0 Å². The van der Waals surface area contributed by atoms with Crippen molar-refractivity contribution < 1.29 is 0 Å². The minimum atomic E-state index is 0.592. The Bertz CT molecular complexity index is 635. The van der Waals surface area contributed by atoms with E-state index in [-0.39, 0.29) is 0 Å². The van der Waals surface area contributed by atoms with E-state index in [0.29, 0.717) is 16.4 Å². The number of hydrogen-bond donors (Lipinski definition) is 1. The molecule has 0 spiro atoms. The first-order valence-electron chi connectivity index (χ1n) is 5.19. The quantitative estimate of drug-likeness (QED) is 0.805. The van der Waals surface area contributed by atoms with E-state index in [1.165, 1.54) is 0 Å². The summed E-state index contributed by atoms with van der Waals surface area (Å²) in [5.41, 5.74) is 2.32. The third kappa shape index (κ3) is 3.12. The number of nitrogens with one attached hydrogen (secondary N) is 1. The van der Waals surface area contributed by atoms with E-state index in [0.717, 1.165) is 15.0 Å². The summed E-state index contributed by atoms with van der Waals surface area (Å²) in [6, 6.07) is 11.2. The lowest BCUT2D eigenvalue weighted by atomic mass is 10.2. The molecule has 0 aliphatic carbocycles. The van der Waals surface area contributed by atoms with Crippen molar-refractivity contribution in [3.8, 4) is 6.07 Å². The molecule has 90 valence electrons. The van der Waals surface area contributed by atoms with Crippen LogP contribution in [-0.4, -0.2) is 4.98 Å². The first-order chi connectivity index (χ1) is 8.58. The van der Waals surface area contributed by atoms with Gasteiger partial charge in [-0.2, -0.15) is 5.26 Å². The topological polar surface area (TPSA) is 48.7 Å². The molecule has 0 saturated carbocycles. The van der Waals surface area contributed by atoms with Crippen molar-refractivity contribution in [2.75, 3.05) is 5.32 Å². The first-order valence-corrected chi connectivity index (χ1v) is 6.65. The Morgan fingerprint density at radius 1 is 1.33 bits per heavy atom. The molecule has 1 heterocycles. The van der Waals surface area contributed by atoms with Gasteiger partial charge >= 0.3 is 0 Å². The van der Waals surface area contributed by atoms with Crippen molar-refractivity contribution in [1.29, 1.82) is 5.26 Å². The van der Waals surface area contributed by atoms with Gasteiger partial charge in [-0.25, -0.2) is 4.98 Å². The van der Waals surface area contributed by atoms with Crippen LogP contribution in [0.15, 0.2) is 30.3 Å². The second kappa shape index (κ2) is 5.55. The van der Waals surface area contributed by atoms with E-state index < -0.39 is 0 Å². The van der Waals surface area contributed by atoms with Crippen molar-refractivity contribution >= 4 is 45.7 Å². The average Bonchev–Trinajstić information content (AvgIpc) is 2.32. The van der Waals surface area contributed by atoms with Crippen LogP contribution < -0.4 is 5.32 Å². The standard InChI is InChI=1S/C13H9ClIN3/c1-8-4-9(7-16)5-13(17-8)18-12-3-2-10(14)6-11(12)15/h2-6H,1H3,(H,17,18). The van der Waals surface area contributed by atoms with E-state index in [9.17, 15) is 0 Å². The highest BCUT2D eigenvalue weighted by Gasteiger charge is 2.04. The zero-order chi connectivity index (χ0) is 13.1. The normalized spacial score (nSPS) is 9.89. The van der Waals surface area contributed by atoms with E-state index in [4.69, 9.17) is 16.9 Å². The number of hydrogen-bond acceptors (Lipinski definition) is 3. The molecule has 18 heavy (non-hydrogen) atoms. The summed E-state index contributed by atoms with van der Waals surface area (Å²) in [6.45, 7) is 1.86. The third-order valence-electron chi connectivity index (χ3n) is 2.28. The summed E-state index contributed by atoms with van der Waals surface area (Å²) in [5, 5.41) is 12.8. The van der Waals surface area contributed by atoms with Gasteiger partial charge in [0.15, 0.2) is 0 Å². The van der Waals surface area contributed by atoms with Gasteiger partial charge in [0.1, 0.15) is 5.82 Å². The predicted molar refractivity (Wildman–Crippen MR) is 81.1 cm³/mol. The monoisotopic (exact) mass is 369 g/mol. The number of anilines is 2. The number of aryl methyl sites for hydroxylation is 1. The largest absolute Gasteiger partial charge is 0.339 e. The highest BCUT2D eigenvalue weighted by molar-refractivity contribution is 14.1.